The van der Waals surface area contributed by atoms with Gasteiger partial charge >= 0.3 is 6.03 Å². The van der Waals surface area contributed by atoms with Crippen LogP contribution in [0.4, 0.5) is 14.9 Å². The summed E-state index contributed by atoms with van der Waals surface area (Å²) in [6, 6.07) is 10.8. The van der Waals surface area contributed by atoms with E-state index in [-0.39, 0.29) is 29.6 Å². The minimum absolute atomic E-state index is 0.0344. The Hall–Kier alpha value is -2.15. The predicted molar refractivity (Wildman–Crippen MR) is 139 cm³/mol. The predicted octanol–water partition coefficient (Wildman–Crippen LogP) is 6.80. The van der Waals surface area contributed by atoms with Gasteiger partial charge in [-0.3, -0.25) is 4.79 Å². The van der Waals surface area contributed by atoms with Gasteiger partial charge in [0.05, 0.1) is 10.7 Å². The third-order valence-corrected chi connectivity index (χ3v) is 7.85. The molecule has 2 fully saturated rings. The molecule has 0 atom stereocenters. The highest BCUT2D eigenvalue weighted by molar-refractivity contribution is 6.36. The summed E-state index contributed by atoms with van der Waals surface area (Å²) in [5.74, 6) is 0.526. The van der Waals surface area contributed by atoms with Crippen LogP contribution in [0.3, 0.4) is 0 Å². The number of rotatable bonds is 7. The molecule has 0 spiro atoms. The number of piperidine rings is 1. The summed E-state index contributed by atoms with van der Waals surface area (Å²) in [5.41, 5.74) is 1.16. The molecule has 2 N–H and O–H groups in total. The van der Waals surface area contributed by atoms with Gasteiger partial charge in [-0.15, -0.1) is 0 Å². The van der Waals surface area contributed by atoms with E-state index in [1.807, 2.05) is 0 Å². The average Bonchev–Trinajstić information content (AvgIpc) is 2.86. The van der Waals surface area contributed by atoms with E-state index >= 15 is 0 Å². The lowest BCUT2D eigenvalue weighted by Crippen LogP contribution is -2.41. The average molecular weight is 520 g/mol. The largest absolute Gasteiger partial charge is 0.335 e. The molecule has 0 aromatic heterocycles. The third kappa shape index (κ3) is 7.42. The quantitative estimate of drug-likeness (QED) is 0.395. The van der Waals surface area contributed by atoms with Crippen LogP contribution in [0, 0.1) is 17.7 Å². The van der Waals surface area contributed by atoms with Crippen molar-refractivity contribution in [2.75, 3.05) is 25.0 Å². The smallest absolute Gasteiger partial charge is 0.319 e. The first-order valence-corrected chi connectivity index (χ1v) is 13.2. The summed E-state index contributed by atoms with van der Waals surface area (Å²) in [5, 5.41) is 6.81. The summed E-state index contributed by atoms with van der Waals surface area (Å²) in [7, 11) is 0. The van der Waals surface area contributed by atoms with Crippen LogP contribution in [0.1, 0.15) is 55.3 Å². The Labute approximate surface area is 216 Å². The molecule has 2 aromatic rings. The van der Waals surface area contributed by atoms with Gasteiger partial charge in [0.1, 0.15) is 5.82 Å². The fourth-order valence-electron chi connectivity index (χ4n) is 5.16. The molecular weight excluding hydrogens is 488 g/mol. The van der Waals surface area contributed by atoms with E-state index in [2.05, 4.69) is 15.5 Å². The Morgan fingerprint density at radius 1 is 0.943 bits per heavy atom. The number of anilines is 1. The minimum atomic E-state index is -0.313. The molecule has 0 radical (unpaired) electrons. The zero-order valence-corrected chi connectivity index (χ0v) is 21.3. The van der Waals surface area contributed by atoms with Crippen molar-refractivity contribution in [1.29, 1.82) is 0 Å². The fourth-order valence-corrected chi connectivity index (χ4v) is 5.62. The van der Waals surface area contributed by atoms with E-state index in [9.17, 15) is 14.0 Å². The standard InChI is InChI=1S/C27H32Cl2FN3O2/c28-21-5-10-25(24(29)17-21)32-27(35)31-23-8-1-18(2-9-23)11-14-33-15-12-20(13-16-33)26(34)19-3-6-22(30)7-4-19/h3-7,10,17-18,20,23H,1-2,8-9,11-16H2,(H2,31,32,35). The molecule has 2 amide bonds. The van der Waals surface area contributed by atoms with Crippen LogP contribution in [-0.2, 0) is 0 Å². The first-order chi connectivity index (χ1) is 16.9. The number of hydrogen-bond acceptors (Lipinski definition) is 3. The number of halogens is 3. The van der Waals surface area contributed by atoms with Gasteiger partial charge in [0, 0.05) is 22.5 Å². The molecule has 4 rings (SSSR count). The fraction of sp³-hybridized carbons (Fsp3) is 0.481. The van der Waals surface area contributed by atoms with Gasteiger partial charge in [0.15, 0.2) is 5.78 Å². The van der Waals surface area contributed by atoms with Crippen molar-refractivity contribution in [3.05, 3.63) is 63.9 Å². The van der Waals surface area contributed by atoms with Gasteiger partial charge in [-0.1, -0.05) is 23.2 Å². The molecule has 0 unspecified atom stereocenters. The van der Waals surface area contributed by atoms with Crippen molar-refractivity contribution in [3.63, 3.8) is 0 Å². The zero-order valence-electron chi connectivity index (χ0n) is 19.7. The number of carbonyl (C=O) groups is 2. The van der Waals surface area contributed by atoms with Gasteiger partial charge in [0.2, 0.25) is 0 Å². The topological polar surface area (TPSA) is 61.4 Å². The van der Waals surface area contributed by atoms with E-state index in [1.54, 1.807) is 30.3 Å². The van der Waals surface area contributed by atoms with Gasteiger partial charge in [-0.25, -0.2) is 9.18 Å². The number of nitrogens with one attached hydrogen (secondary N) is 2. The van der Waals surface area contributed by atoms with Gasteiger partial charge < -0.3 is 15.5 Å². The highest BCUT2D eigenvalue weighted by atomic mass is 35.5. The van der Waals surface area contributed by atoms with Crippen molar-refractivity contribution in [1.82, 2.24) is 10.2 Å². The maximum absolute atomic E-state index is 13.1. The highest BCUT2D eigenvalue weighted by Gasteiger charge is 2.27. The normalized spacial score (nSPS) is 21.5. The summed E-state index contributed by atoms with van der Waals surface area (Å²) in [6.07, 6.45) is 7.02. The molecule has 188 valence electrons. The van der Waals surface area contributed by atoms with Crippen molar-refractivity contribution < 1.29 is 14.0 Å². The Kier molecular flexibility index (Phi) is 9.04. The molecule has 1 saturated carbocycles. The van der Waals surface area contributed by atoms with E-state index in [0.29, 0.717) is 27.2 Å². The maximum Gasteiger partial charge on any atom is 0.319 e. The van der Waals surface area contributed by atoms with Crippen LogP contribution in [0.5, 0.6) is 0 Å². The monoisotopic (exact) mass is 519 g/mol. The number of urea groups is 1. The molecule has 2 aliphatic rings. The van der Waals surface area contributed by atoms with Crippen molar-refractivity contribution in [3.8, 4) is 0 Å². The van der Waals surface area contributed by atoms with E-state index < -0.39 is 0 Å². The van der Waals surface area contributed by atoms with E-state index in [0.717, 1.165) is 64.6 Å². The lowest BCUT2D eigenvalue weighted by molar-refractivity contribution is 0.0832. The number of nitrogens with zero attached hydrogens (tertiary/aromatic N) is 1. The van der Waals surface area contributed by atoms with Crippen molar-refractivity contribution in [2.24, 2.45) is 11.8 Å². The highest BCUT2D eigenvalue weighted by Crippen LogP contribution is 2.29. The Balaban J connectivity index is 1.12. The summed E-state index contributed by atoms with van der Waals surface area (Å²) in [4.78, 5) is 27.5. The lowest BCUT2D eigenvalue weighted by Gasteiger charge is -2.34. The van der Waals surface area contributed by atoms with Gasteiger partial charge in [0.25, 0.3) is 0 Å². The number of hydrogen-bond donors (Lipinski definition) is 2. The summed E-state index contributed by atoms with van der Waals surface area (Å²) < 4.78 is 13.1. The number of benzene rings is 2. The van der Waals surface area contributed by atoms with Crippen LogP contribution in [0.2, 0.25) is 10.0 Å². The van der Waals surface area contributed by atoms with Gasteiger partial charge in [-0.2, -0.15) is 0 Å². The number of likely N-dealkylation sites (tertiary alicyclic amines) is 1. The van der Waals surface area contributed by atoms with Crippen LogP contribution in [-0.4, -0.2) is 42.4 Å². The maximum atomic E-state index is 13.1. The second-order valence-electron chi connectivity index (χ2n) is 9.72. The number of Topliss-reactive ketones (excluding diaryl/α,β-unsaturated/α-hetero) is 1. The first kappa shape index (κ1) is 25.9. The van der Waals surface area contributed by atoms with Crippen LogP contribution < -0.4 is 10.6 Å². The molecule has 1 aliphatic heterocycles. The Morgan fingerprint density at radius 2 is 1.63 bits per heavy atom. The van der Waals surface area contributed by atoms with Crippen molar-refractivity contribution in [2.45, 2.75) is 51.0 Å². The molecule has 35 heavy (non-hydrogen) atoms. The molecule has 0 bridgehead atoms. The van der Waals surface area contributed by atoms with Gasteiger partial charge in [-0.05, 0) is 113 Å². The first-order valence-electron chi connectivity index (χ1n) is 12.4. The second kappa shape index (κ2) is 12.2. The van der Waals surface area contributed by atoms with E-state index in [1.165, 1.54) is 12.1 Å². The molecule has 1 saturated heterocycles. The van der Waals surface area contributed by atoms with Crippen LogP contribution in [0.25, 0.3) is 0 Å². The number of ketones is 1. The molecule has 2 aromatic carbocycles. The minimum Gasteiger partial charge on any atom is -0.335 e. The molecule has 5 nitrogen and oxygen atoms in total. The molecule has 8 heteroatoms. The molecule has 1 heterocycles. The number of amides is 2. The van der Waals surface area contributed by atoms with Crippen molar-refractivity contribution >= 4 is 40.7 Å². The summed E-state index contributed by atoms with van der Waals surface area (Å²) in [6.45, 7) is 2.92. The van der Waals surface area contributed by atoms with E-state index in [4.69, 9.17) is 23.2 Å². The lowest BCUT2D eigenvalue weighted by atomic mass is 9.83. The second-order valence-corrected chi connectivity index (χ2v) is 10.6. The Morgan fingerprint density at radius 3 is 2.29 bits per heavy atom. The molecule has 1 aliphatic carbocycles. The molecular formula is C27H32Cl2FN3O2. The summed E-state index contributed by atoms with van der Waals surface area (Å²) >= 11 is 12.0. The van der Waals surface area contributed by atoms with Crippen LogP contribution in [0.15, 0.2) is 42.5 Å². The SMILES string of the molecule is O=C(Nc1ccc(Cl)cc1Cl)NC1CCC(CCN2CCC(C(=O)c3ccc(F)cc3)CC2)CC1. The third-order valence-electron chi connectivity index (χ3n) is 7.30. The zero-order chi connectivity index (χ0) is 24.8. The Bertz CT molecular complexity index is 1020. The number of carbonyl (C=O) groups excluding carboxylic acids is 2. The van der Waals surface area contributed by atoms with Crippen LogP contribution >= 0.6 is 23.2 Å².